The van der Waals surface area contributed by atoms with Crippen molar-refractivity contribution in [1.82, 2.24) is 10.6 Å². The first-order chi connectivity index (χ1) is 10.2. The van der Waals surface area contributed by atoms with Crippen LogP contribution >= 0.6 is 35.8 Å². The molecule has 0 aromatic heterocycles. The predicted octanol–water partition coefficient (Wildman–Crippen LogP) is 2.45. The number of carbonyl (C=O) groups is 1. The highest BCUT2D eigenvalue weighted by molar-refractivity contribution is 7.99. The molecule has 1 unspecified atom stereocenters. The lowest BCUT2D eigenvalue weighted by atomic mass is 10.2. The Morgan fingerprint density at radius 2 is 2.32 bits per heavy atom. The number of amides is 1. The number of halogens is 2. The zero-order valence-corrected chi connectivity index (χ0v) is 14.9. The number of rotatable bonds is 6. The maximum absolute atomic E-state index is 12.0. The van der Waals surface area contributed by atoms with Crippen LogP contribution < -0.4 is 20.1 Å². The normalized spacial score (nSPS) is 16.8. The van der Waals surface area contributed by atoms with Crippen LogP contribution in [0.15, 0.2) is 12.1 Å². The van der Waals surface area contributed by atoms with Gasteiger partial charge in [0.2, 0.25) is 5.91 Å². The molecule has 2 N–H and O–H groups in total. The van der Waals surface area contributed by atoms with E-state index in [9.17, 15) is 4.79 Å². The summed E-state index contributed by atoms with van der Waals surface area (Å²) in [7, 11) is 1.57. The molecule has 1 heterocycles. The first kappa shape index (κ1) is 19.2. The standard InChI is InChI=1S/C14H19ClN2O3S.ClH/c1-3-20-13-10(15)4-9(5-12(13)19-2)6-16-14(18)11-7-21-8-17-11;/h4-5,11,17H,3,6-8H2,1-2H3,(H,16,18);1H. The molecule has 0 spiro atoms. The Balaban J connectivity index is 0.00000242. The number of hydrogen-bond donors (Lipinski definition) is 2. The molecule has 5 nitrogen and oxygen atoms in total. The molecule has 124 valence electrons. The Morgan fingerprint density at radius 1 is 1.55 bits per heavy atom. The second-order valence-corrected chi connectivity index (χ2v) is 5.97. The Hall–Kier alpha value is -0.820. The topological polar surface area (TPSA) is 59.6 Å². The van der Waals surface area contributed by atoms with Crippen LogP contribution in [0.1, 0.15) is 12.5 Å². The summed E-state index contributed by atoms with van der Waals surface area (Å²) in [4.78, 5) is 12.0. The Labute approximate surface area is 145 Å². The fourth-order valence-corrected chi connectivity index (χ4v) is 3.27. The largest absolute Gasteiger partial charge is 0.493 e. The summed E-state index contributed by atoms with van der Waals surface area (Å²) >= 11 is 7.92. The molecule has 8 heteroatoms. The molecule has 0 saturated carbocycles. The zero-order valence-electron chi connectivity index (χ0n) is 12.5. The minimum absolute atomic E-state index is 0. The van der Waals surface area contributed by atoms with E-state index in [-0.39, 0.29) is 24.4 Å². The highest BCUT2D eigenvalue weighted by Crippen LogP contribution is 2.36. The summed E-state index contributed by atoms with van der Waals surface area (Å²) in [5, 5.41) is 6.52. The van der Waals surface area contributed by atoms with Crippen molar-refractivity contribution in [1.29, 1.82) is 0 Å². The molecule has 1 atom stereocenters. The van der Waals surface area contributed by atoms with Crippen LogP contribution in [0.25, 0.3) is 0 Å². The van der Waals surface area contributed by atoms with Crippen molar-refractivity contribution in [3.8, 4) is 11.5 Å². The van der Waals surface area contributed by atoms with Crippen LogP contribution in [0.3, 0.4) is 0 Å². The second kappa shape index (κ2) is 9.35. The molecule has 1 amide bonds. The number of methoxy groups -OCH3 is 1. The average Bonchev–Trinajstić information content (AvgIpc) is 3.01. The SMILES string of the molecule is CCOc1c(Cl)cc(CNC(=O)C2CSCN2)cc1OC.Cl. The average molecular weight is 367 g/mol. The van der Waals surface area contributed by atoms with E-state index in [1.165, 1.54) is 0 Å². The molecule has 0 bridgehead atoms. The van der Waals surface area contributed by atoms with Gasteiger partial charge in [-0.1, -0.05) is 11.6 Å². The molecule has 1 aliphatic rings. The van der Waals surface area contributed by atoms with Gasteiger partial charge in [-0.25, -0.2) is 0 Å². The van der Waals surface area contributed by atoms with Crippen molar-refractivity contribution < 1.29 is 14.3 Å². The van der Waals surface area contributed by atoms with E-state index in [2.05, 4.69) is 10.6 Å². The Morgan fingerprint density at radius 3 is 2.91 bits per heavy atom. The number of benzene rings is 1. The lowest BCUT2D eigenvalue weighted by Gasteiger charge is -2.14. The van der Waals surface area contributed by atoms with Gasteiger partial charge < -0.3 is 14.8 Å². The van der Waals surface area contributed by atoms with E-state index in [1.807, 2.05) is 13.0 Å². The molecular weight excluding hydrogens is 347 g/mol. The van der Waals surface area contributed by atoms with E-state index in [1.54, 1.807) is 24.9 Å². The summed E-state index contributed by atoms with van der Waals surface area (Å²) in [6.07, 6.45) is 0. The number of hydrogen-bond acceptors (Lipinski definition) is 5. The third kappa shape index (κ3) is 4.84. The summed E-state index contributed by atoms with van der Waals surface area (Å²) in [5.74, 6) is 2.73. The van der Waals surface area contributed by atoms with Crippen molar-refractivity contribution in [3.63, 3.8) is 0 Å². The minimum atomic E-state index is -0.116. The van der Waals surface area contributed by atoms with Gasteiger partial charge in [-0.15, -0.1) is 24.2 Å². The number of ether oxygens (including phenoxy) is 2. The van der Waals surface area contributed by atoms with Gasteiger partial charge in [0.25, 0.3) is 0 Å². The first-order valence-electron chi connectivity index (χ1n) is 6.73. The highest BCUT2D eigenvalue weighted by atomic mass is 35.5. The number of thioether (sulfide) groups is 1. The van der Waals surface area contributed by atoms with Gasteiger partial charge in [-0.2, -0.15) is 0 Å². The van der Waals surface area contributed by atoms with Gasteiger partial charge in [0.1, 0.15) is 0 Å². The lowest BCUT2D eigenvalue weighted by molar-refractivity contribution is -0.122. The third-order valence-corrected chi connectivity index (χ3v) is 4.30. The van der Waals surface area contributed by atoms with Crippen molar-refractivity contribution in [2.45, 2.75) is 19.5 Å². The fourth-order valence-electron chi connectivity index (χ4n) is 2.04. The van der Waals surface area contributed by atoms with Crippen molar-refractivity contribution in [2.24, 2.45) is 0 Å². The van der Waals surface area contributed by atoms with Gasteiger partial charge in [-0.05, 0) is 24.6 Å². The molecule has 1 aromatic rings. The number of carbonyl (C=O) groups excluding carboxylic acids is 1. The second-order valence-electron chi connectivity index (χ2n) is 4.53. The Bertz CT molecular complexity index is 511. The molecule has 0 radical (unpaired) electrons. The van der Waals surface area contributed by atoms with Crippen molar-refractivity contribution in [2.75, 3.05) is 25.3 Å². The van der Waals surface area contributed by atoms with Gasteiger partial charge >= 0.3 is 0 Å². The summed E-state index contributed by atoms with van der Waals surface area (Å²) in [6.45, 7) is 2.80. The van der Waals surface area contributed by atoms with Crippen LogP contribution in [0.4, 0.5) is 0 Å². The quantitative estimate of drug-likeness (QED) is 0.809. The fraction of sp³-hybridized carbons (Fsp3) is 0.500. The van der Waals surface area contributed by atoms with Gasteiger partial charge in [0.05, 0.1) is 24.8 Å². The molecule has 0 aliphatic carbocycles. The third-order valence-electron chi connectivity index (χ3n) is 3.08. The van der Waals surface area contributed by atoms with Crippen molar-refractivity contribution >= 4 is 41.7 Å². The van der Waals surface area contributed by atoms with E-state index < -0.39 is 0 Å². The zero-order chi connectivity index (χ0) is 15.2. The predicted molar refractivity (Wildman–Crippen MR) is 92.5 cm³/mol. The maximum Gasteiger partial charge on any atom is 0.238 e. The summed E-state index contributed by atoms with van der Waals surface area (Å²) in [5.41, 5.74) is 0.874. The molecule has 1 aliphatic heterocycles. The summed E-state index contributed by atoms with van der Waals surface area (Å²) in [6, 6.07) is 3.50. The van der Waals surface area contributed by atoms with E-state index in [0.717, 1.165) is 17.2 Å². The molecule has 1 saturated heterocycles. The van der Waals surface area contributed by atoms with Gasteiger partial charge in [-0.3, -0.25) is 10.1 Å². The monoisotopic (exact) mass is 366 g/mol. The van der Waals surface area contributed by atoms with E-state index >= 15 is 0 Å². The Kier molecular flexibility index (Phi) is 8.17. The molecule has 22 heavy (non-hydrogen) atoms. The molecule has 2 rings (SSSR count). The van der Waals surface area contributed by atoms with Gasteiger partial charge in [0.15, 0.2) is 11.5 Å². The van der Waals surface area contributed by atoms with Crippen LogP contribution in [0.5, 0.6) is 11.5 Å². The highest BCUT2D eigenvalue weighted by Gasteiger charge is 2.22. The molecule has 1 fully saturated rings. The molecule has 1 aromatic carbocycles. The van der Waals surface area contributed by atoms with Crippen LogP contribution in [-0.4, -0.2) is 37.3 Å². The van der Waals surface area contributed by atoms with E-state index in [4.69, 9.17) is 21.1 Å². The smallest absolute Gasteiger partial charge is 0.238 e. The summed E-state index contributed by atoms with van der Waals surface area (Å²) < 4.78 is 10.8. The van der Waals surface area contributed by atoms with Gasteiger partial charge in [0, 0.05) is 18.2 Å². The maximum atomic E-state index is 12.0. The van der Waals surface area contributed by atoms with Crippen LogP contribution in [-0.2, 0) is 11.3 Å². The lowest BCUT2D eigenvalue weighted by Crippen LogP contribution is -2.41. The van der Waals surface area contributed by atoms with Crippen molar-refractivity contribution in [3.05, 3.63) is 22.7 Å². The number of nitrogens with one attached hydrogen (secondary N) is 2. The minimum Gasteiger partial charge on any atom is -0.493 e. The van der Waals surface area contributed by atoms with Crippen LogP contribution in [0.2, 0.25) is 5.02 Å². The van der Waals surface area contributed by atoms with E-state index in [0.29, 0.717) is 29.7 Å². The first-order valence-corrected chi connectivity index (χ1v) is 8.27. The van der Waals surface area contributed by atoms with Crippen LogP contribution in [0, 0.1) is 0 Å². The molecular formula is C14H20Cl2N2O3S.